The van der Waals surface area contributed by atoms with E-state index in [0.717, 1.165) is 18.4 Å². The maximum absolute atomic E-state index is 11.2. The van der Waals surface area contributed by atoms with Crippen molar-refractivity contribution in [1.82, 2.24) is 5.43 Å². The Labute approximate surface area is 93.1 Å². The van der Waals surface area contributed by atoms with Crippen molar-refractivity contribution < 1.29 is 4.79 Å². The molecule has 0 heterocycles. The molecule has 0 unspecified atom stereocenters. The minimum atomic E-state index is 0.00766. The summed E-state index contributed by atoms with van der Waals surface area (Å²) in [7, 11) is 0. The quantitative estimate of drug-likeness (QED) is 0.618. The monoisotopic (exact) mass is 222 g/mol. The van der Waals surface area contributed by atoms with E-state index < -0.39 is 0 Å². The van der Waals surface area contributed by atoms with Gasteiger partial charge in [-0.25, -0.2) is 5.43 Å². The van der Waals surface area contributed by atoms with Crippen molar-refractivity contribution in [2.24, 2.45) is 11.0 Å². The summed E-state index contributed by atoms with van der Waals surface area (Å²) in [6.45, 7) is 0. The number of rotatable bonds is 3. The van der Waals surface area contributed by atoms with Gasteiger partial charge >= 0.3 is 0 Å². The average Bonchev–Trinajstić information content (AvgIpc) is 3.00. The molecule has 1 saturated carbocycles. The van der Waals surface area contributed by atoms with Gasteiger partial charge in [-0.05, 0) is 30.5 Å². The fourth-order valence-electron chi connectivity index (χ4n) is 1.19. The molecule has 1 aromatic carbocycles. The van der Waals surface area contributed by atoms with Crippen LogP contribution < -0.4 is 5.43 Å². The molecule has 0 bridgehead atoms. The Bertz CT molecular complexity index is 399. The molecule has 78 valence electrons. The second-order valence-electron chi connectivity index (χ2n) is 3.56. The van der Waals surface area contributed by atoms with Crippen LogP contribution in [0.1, 0.15) is 18.4 Å². The number of carbonyl (C=O) groups is 1. The second kappa shape index (κ2) is 4.45. The first kappa shape index (κ1) is 10.2. The van der Waals surface area contributed by atoms with Crippen LogP contribution >= 0.6 is 11.6 Å². The summed E-state index contributed by atoms with van der Waals surface area (Å²) < 4.78 is 0. The molecule has 2 rings (SSSR count). The summed E-state index contributed by atoms with van der Waals surface area (Å²) in [6, 6.07) is 7.29. The number of carbonyl (C=O) groups excluding carboxylic acids is 1. The summed E-state index contributed by atoms with van der Waals surface area (Å²) in [6.07, 6.45) is 3.56. The second-order valence-corrected chi connectivity index (χ2v) is 4.00. The molecule has 0 saturated heterocycles. The number of amides is 1. The third-order valence-corrected chi connectivity index (χ3v) is 2.42. The van der Waals surface area contributed by atoms with Crippen molar-refractivity contribution >= 4 is 23.7 Å². The van der Waals surface area contributed by atoms with Gasteiger partial charge in [-0.15, -0.1) is 0 Å². The topological polar surface area (TPSA) is 41.5 Å². The molecule has 0 radical (unpaired) electrons. The fraction of sp³-hybridized carbons (Fsp3) is 0.273. The average molecular weight is 223 g/mol. The Balaban J connectivity index is 1.90. The lowest BCUT2D eigenvalue weighted by Crippen LogP contribution is -2.18. The Morgan fingerprint density at radius 3 is 3.00 bits per heavy atom. The van der Waals surface area contributed by atoms with Gasteiger partial charge in [0.05, 0.1) is 6.21 Å². The zero-order chi connectivity index (χ0) is 10.7. The van der Waals surface area contributed by atoms with Crippen LogP contribution in [0.5, 0.6) is 0 Å². The van der Waals surface area contributed by atoms with Crippen LogP contribution in [-0.2, 0) is 4.79 Å². The van der Waals surface area contributed by atoms with E-state index in [-0.39, 0.29) is 11.8 Å². The van der Waals surface area contributed by atoms with E-state index in [9.17, 15) is 4.79 Å². The van der Waals surface area contributed by atoms with E-state index in [1.165, 1.54) is 0 Å². The summed E-state index contributed by atoms with van der Waals surface area (Å²) in [4.78, 5) is 11.2. The number of halogens is 1. The van der Waals surface area contributed by atoms with Crippen molar-refractivity contribution in [3.63, 3.8) is 0 Å². The van der Waals surface area contributed by atoms with E-state index in [4.69, 9.17) is 11.6 Å². The van der Waals surface area contributed by atoms with Gasteiger partial charge in [0, 0.05) is 10.9 Å². The zero-order valence-electron chi connectivity index (χ0n) is 8.11. The molecule has 15 heavy (non-hydrogen) atoms. The largest absolute Gasteiger partial charge is 0.273 e. The number of nitrogens with zero attached hydrogens (tertiary/aromatic N) is 1. The molecule has 1 amide bonds. The molecule has 1 aliphatic carbocycles. The summed E-state index contributed by atoms with van der Waals surface area (Å²) in [5.41, 5.74) is 3.37. The van der Waals surface area contributed by atoms with Crippen LogP contribution in [0, 0.1) is 5.92 Å². The molecular weight excluding hydrogens is 212 g/mol. The first-order valence-corrected chi connectivity index (χ1v) is 5.22. The zero-order valence-corrected chi connectivity index (χ0v) is 8.87. The van der Waals surface area contributed by atoms with Gasteiger partial charge in [0.2, 0.25) is 5.91 Å². The van der Waals surface area contributed by atoms with Crippen LogP contribution in [0.3, 0.4) is 0 Å². The van der Waals surface area contributed by atoms with Crippen molar-refractivity contribution in [2.45, 2.75) is 12.8 Å². The minimum Gasteiger partial charge on any atom is -0.273 e. The molecule has 3 nitrogen and oxygen atoms in total. The van der Waals surface area contributed by atoms with Gasteiger partial charge in [-0.1, -0.05) is 23.7 Å². The summed E-state index contributed by atoms with van der Waals surface area (Å²) in [5, 5.41) is 4.52. The predicted octanol–water partition coefficient (Wildman–Crippen LogP) is 2.20. The van der Waals surface area contributed by atoms with Gasteiger partial charge < -0.3 is 0 Å². The summed E-state index contributed by atoms with van der Waals surface area (Å²) >= 11 is 5.80. The number of hydrazone groups is 1. The van der Waals surface area contributed by atoms with Crippen molar-refractivity contribution in [3.05, 3.63) is 34.9 Å². The van der Waals surface area contributed by atoms with Gasteiger partial charge in [0.1, 0.15) is 0 Å². The van der Waals surface area contributed by atoms with E-state index in [1.807, 2.05) is 12.1 Å². The SMILES string of the molecule is O=C(N/N=C/c1cccc(Cl)c1)C1CC1. The molecule has 4 heteroatoms. The van der Waals surface area contributed by atoms with Gasteiger partial charge in [0.15, 0.2) is 0 Å². The normalized spacial score (nSPS) is 15.5. The van der Waals surface area contributed by atoms with Gasteiger partial charge in [0.25, 0.3) is 0 Å². The van der Waals surface area contributed by atoms with Crippen molar-refractivity contribution in [2.75, 3.05) is 0 Å². The van der Waals surface area contributed by atoms with E-state index in [2.05, 4.69) is 10.5 Å². The highest BCUT2D eigenvalue weighted by molar-refractivity contribution is 6.30. The molecule has 1 fully saturated rings. The first-order valence-electron chi connectivity index (χ1n) is 4.84. The van der Waals surface area contributed by atoms with E-state index >= 15 is 0 Å². The lowest BCUT2D eigenvalue weighted by Gasteiger charge is -1.96. The number of nitrogens with one attached hydrogen (secondary N) is 1. The van der Waals surface area contributed by atoms with Crippen molar-refractivity contribution in [3.8, 4) is 0 Å². The third kappa shape index (κ3) is 3.06. The molecule has 0 atom stereocenters. The van der Waals surface area contributed by atoms with Crippen LogP contribution in [0.2, 0.25) is 5.02 Å². The van der Waals surface area contributed by atoms with Crippen LogP contribution in [0.25, 0.3) is 0 Å². The smallest absolute Gasteiger partial charge is 0.243 e. The molecule has 1 aliphatic rings. The first-order chi connectivity index (χ1) is 7.25. The number of benzene rings is 1. The lowest BCUT2D eigenvalue weighted by atomic mass is 10.2. The molecular formula is C11H11ClN2O. The molecule has 0 aliphatic heterocycles. The third-order valence-electron chi connectivity index (χ3n) is 2.19. The highest BCUT2D eigenvalue weighted by Crippen LogP contribution is 2.28. The van der Waals surface area contributed by atoms with Gasteiger partial charge in [-0.2, -0.15) is 5.10 Å². The lowest BCUT2D eigenvalue weighted by molar-refractivity contribution is -0.122. The number of hydrogen-bond acceptors (Lipinski definition) is 2. The molecule has 1 N–H and O–H groups in total. The van der Waals surface area contributed by atoms with E-state index in [0.29, 0.717) is 5.02 Å². The van der Waals surface area contributed by atoms with E-state index in [1.54, 1.807) is 18.3 Å². The van der Waals surface area contributed by atoms with Crippen molar-refractivity contribution in [1.29, 1.82) is 0 Å². The van der Waals surface area contributed by atoms with Crippen LogP contribution in [0.4, 0.5) is 0 Å². The molecule has 0 spiro atoms. The Morgan fingerprint density at radius 1 is 1.53 bits per heavy atom. The number of hydrogen-bond donors (Lipinski definition) is 1. The Kier molecular flexibility index (Phi) is 3.02. The maximum atomic E-state index is 11.2. The van der Waals surface area contributed by atoms with Gasteiger partial charge in [-0.3, -0.25) is 4.79 Å². The molecule has 1 aromatic rings. The van der Waals surface area contributed by atoms with Crippen LogP contribution in [0.15, 0.2) is 29.4 Å². The fourth-order valence-corrected chi connectivity index (χ4v) is 1.39. The highest BCUT2D eigenvalue weighted by atomic mass is 35.5. The highest BCUT2D eigenvalue weighted by Gasteiger charge is 2.29. The summed E-state index contributed by atoms with van der Waals surface area (Å²) in [5.74, 6) is 0.190. The standard InChI is InChI=1S/C11H11ClN2O/c12-10-3-1-2-8(6-10)7-13-14-11(15)9-4-5-9/h1-3,6-7,9H,4-5H2,(H,14,15)/b13-7+. The maximum Gasteiger partial charge on any atom is 0.243 e. The predicted molar refractivity (Wildman–Crippen MR) is 59.9 cm³/mol. The van der Waals surface area contributed by atoms with Crippen LogP contribution in [-0.4, -0.2) is 12.1 Å². The Hall–Kier alpha value is -1.35. The molecule has 0 aromatic heterocycles. The Morgan fingerprint density at radius 2 is 2.33 bits per heavy atom. The minimum absolute atomic E-state index is 0.00766.